The molecule has 0 unspecified atom stereocenters. The highest BCUT2D eigenvalue weighted by Crippen LogP contribution is 2.24. The highest BCUT2D eigenvalue weighted by Gasteiger charge is 2.36. The zero-order chi connectivity index (χ0) is 12.5. The summed E-state index contributed by atoms with van der Waals surface area (Å²) in [6, 6.07) is 6.98. The third-order valence-corrected chi connectivity index (χ3v) is 3.54. The molecule has 1 aromatic rings. The van der Waals surface area contributed by atoms with Crippen LogP contribution in [-0.4, -0.2) is 36.0 Å². The second-order valence-corrected chi connectivity index (χ2v) is 4.76. The lowest BCUT2D eigenvalue weighted by molar-refractivity contribution is -0.00111. The Morgan fingerprint density at radius 1 is 1.11 bits per heavy atom. The first-order valence-corrected chi connectivity index (χ1v) is 6.34. The summed E-state index contributed by atoms with van der Waals surface area (Å²) in [5.41, 5.74) is 1.02. The number of carbonyl (C=O) groups is 2. The van der Waals surface area contributed by atoms with Gasteiger partial charge in [0.2, 0.25) is 0 Å². The van der Waals surface area contributed by atoms with Crippen molar-refractivity contribution < 1.29 is 14.3 Å². The molecule has 2 aliphatic rings. The third kappa shape index (κ3) is 1.82. The number of amides is 2. The van der Waals surface area contributed by atoms with Gasteiger partial charge in [0, 0.05) is 6.61 Å². The molecule has 2 heterocycles. The average Bonchev–Trinajstić information content (AvgIpc) is 2.66. The Bertz CT molecular complexity index is 457. The molecular weight excluding hydrogens is 230 g/mol. The molecule has 0 saturated carbocycles. The van der Waals surface area contributed by atoms with Crippen molar-refractivity contribution >= 4 is 11.8 Å². The second-order valence-electron chi connectivity index (χ2n) is 4.76. The van der Waals surface area contributed by atoms with E-state index in [-0.39, 0.29) is 17.9 Å². The zero-order valence-corrected chi connectivity index (χ0v) is 10.1. The van der Waals surface area contributed by atoms with Crippen LogP contribution in [0.5, 0.6) is 0 Å². The first kappa shape index (κ1) is 11.4. The molecule has 0 N–H and O–H groups in total. The van der Waals surface area contributed by atoms with Crippen molar-refractivity contribution in [3.8, 4) is 0 Å². The first-order valence-electron chi connectivity index (χ1n) is 6.34. The van der Waals surface area contributed by atoms with E-state index in [9.17, 15) is 9.59 Å². The second kappa shape index (κ2) is 4.53. The van der Waals surface area contributed by atoms with Crippen LogP contribution in [-0.2, 0) is 4.74 Å². The van der Waals surface area contributed by atoms with Gasteiger partial charge in [0.1, 0.15) is 0 Å². The molecule has 0 aliphatic carbocycles. The van der Waals surface area contributed by atoms with E-state index in [0.29, 0.717) is 17.7 Å². The Balaban J connectivity index is 1.79. The maximum atomic E-state index is 12.1. The minimum absolute atomic E-state index is 0.000891. The van der Waals surface area contributed by atoms with Gasteiger partial charge in [0.15, 0.2) is 0 Å². The predicted octanol–water partition coefficient (Wildman–Crippen LogP) is 1.85. The van der Waals surface area contributed by atoms with Crippen molar-refractivity contribution in [3.63, 3.8) is 0 Å². The molecule has 18 heavy (non-hydrogen) atoms. The molecular formula is C14H15NO3. The summed E-state index contributed by atoms with van der Waals surface area (Å²) in [5, 5.41) is 0. The van der Waals surface area contributed by atoms with Gasteiger partial charge in [-0.05, 0) is 31.4 Å². The first-order chi connectivity index (χ1) is 8.77. The molecule has 1 saturated heterocycles. The Kier molecular flexibility index (Phi) is 2.88. The summed E-state index contributed by atoms with van der Waals surface area (Å²) in [6.45, 7) is 1.11. The Hall–Kier alpha value is -1.68. The van der Waals surface area contributed by atoms with Crippen LogP contribution < -0.4 is 0 Å². The quantitative estimate of drug-likeness (QED) is 0.747. The zero-order valence-electron chi connectivity index (χ0n) is 10.1. The van der Waals surface area contributed by atoms with Crippen LogP contribution >= 0.6 is 0 Å². The summed E-state index contributed by atoms with van der Waals surface area (Å²) in [4.78, 5) is 25.6. The highest BCUT2D eigenvalue weighted by atomic mass is 16.5. The Labute approximate surface area is 106 Å². The fraction of sp³-hybridized carbons (Fsp3) is 0.429. The standard InChI is InChI=1S/C14H15NO3/c16-13-11-6-1-2-7-12(11)14(17)15(13)9-10-5-3-4-8-18-10/h1-2,6-7,10H,3-5,8-9H2/t10-/m0/s1. The van der Waals surface area contributed by atoms with Crippen molar-refractivity contribution in [3.05, 3.63) is 35.4 Å². The molecule has 0 aromatic heterocycles. The van der Waals surface area contributed by atoms with Crippen LogP contribution in [0.25, 0.3) is 0 Å². The summed E-state index contributed by atoms with van der Waals surface area (Å²) >= 11 is 0. The number of imide groups is 1. The number of carbonyl (C=O) groups excluding carboxylic acids is 2. The number of ether oxygens (including phenoxy) is 1. The number of hydrogen-bond acceptors (Lipinski definition) is 3. The molecule has 94 valence electrons. The minimum atomic E-state index is -0.190. The third-order valence-electron chi connectivity index (χ3n) is 3.54. The van der Waals surface area contributed by atoms with E-state index in [4.69, 9.17) is 4.74 Å². The Morgan fingerprint density at radius 3 is 2.33 bits per heavy atom. The summed E-state index contributed by atoms with van der Waals surface area (Å²) in [5.74, 6) is -0.380. The van der Waals surface area contributed by atoms with Gasteiger partial charge < -0.3 is 4.74 Å². The van der Waals surface area contributed by atoms with Gasteiger partial charge >= 0.3 is 0 Å². The maximum Gasteiger partial charge on any atom is 0.261 e. The minimum Gasteiger partial charge on any atom is -0.376 e. The molecule has 1 aromatic carbocycles. The lowest BCUT2D eigenvalue weighted by atomic mass is 10.1. The van der Waals surface area contributed by atoms with Crippen LogP contribution in [0.1, 0.15) is 40.0 Å². The monoisotopic (exact) mass is 245 g/mol. The fourth-order valence-electron chi connectivity index (χ4n) is 2.56. The highest BCUT2D eigenvalue weighted by molar-refractivity contribution is 6.21. The number of fused-ring (bicyclic) bond motifs is 1. The SMILES string of the molecule is O=C1c2ccccc2C(=O)N1C[C@@H]1CCCCO1. The Morgan fingerprint density at radius 2 is 1.78 bits per heavy atom. The van der Waals surface area contributed by atoms with Crippen molar-refractivity contribution in [2.75, 3.05) is 13.2 Å². The van der Waals surface area contributed by atoms with Crippen molar-refractivity contribution in [2.24, 2.45) is 0 Å². The van der Waals surface area contributed by atoms with E-state index < -0.39 is 0 Å². The summed E-state index contributed by atoms with van der Waals surface area (Å²) in [7, 11) is 0. The molecule has 1 fully saturated rings. The van der Waals surface area contributed by atoms with E-state index in [2.05, 4.69) is 0 Å². The van der Waals surface area contributed by atoms with Crippen LogP contribution in [0.2, 0.25) is 0 Å². The molecule has 4 nitrogen and oxygen atoms in total. The van der Waals surface area contributed by atoms with Crippen LogP contribution in [0.15, 0.2) is 24.3 Å². The van der Waals surface area contributed by atoms with Crippen molar-refractivity contribution in [2.45, 2.75) is 25.4 Å². The van der Waals surface area contributed by atoms with E-state index in [1.807, 2.05) is 0 Å². The topological polar surface area (TPSA) is 46.6 Å². The number of hydrogen-bond donors (Lipinski definition) is 0. The molecule has 0 bridgehead atoms. The van der Waals surface area contributed by atoms with Crippen molar-refractivity contribution in [1.29, 1.82) is 0 Å². The van der Waals surface area contributed by atoms with Gasteiger partial charge in [-0.3, -0.25) is 14.5 Å². The lowest BCUT2D eigenvalue weighted by Gasteiger charge is -2.26. The van der Waals surface area contributed by atoms with Crippen LogP contribution in [0.3, 0.4) is 0 Å². The van der Waals surface area contributed by atoms with Gasteiger partial charge in [-0.25, -0.2) is 0 Å². The average molecular weight is 245 g/mol. The number of rotatable bonds is 2. The molecule has 1 atom stereocenters. The molecule has 2 aliphatic heterocycles. The number of benzene rings is 1. The van der Waals surface area contributed by atoms with E-state index in [1.165, 1.54) is 4.90 Å². The molecule has 3 rings (SSSR count). The van der Waals surface area contributed by atoms with E-state index in [0.717, 1.165) is 25.9 Å². The van der Waals surface area contributed by atoms with E-state index >= 15 is 0 Å². The van der Waals surface area contributed by atoms with E-state index in [1.54, 1.807) is 24.3 Å². The summed E-state index contributed by atoms with van der Waals surface area (Å²) < 4.78 is 5.59. The molecule has 2 amide bonds. The molecule has 0 radical (unpaired) electrons. The fourth-order valence-corrected chi connectivity index (χ4v) is 2.56. The number of nitrogens with zero attached hydrogens (tertiary/aromatic N) is 1. The largest absolute Gasteiger partial charge is 0.376 e. The normalized spacial score (nSPS) is 23.3. The van der Waals surface area contributed by atoms with Crippen LogP contribution in [0.4, 0.5) is 0 Å². The van der Waals surface area contributed by atoms with Gasteiger partial charge in [-0.1, -0.05) is 12.1 Å². The van der Waals surface area contributed by atoms with Crippen molar-refractivity contribution in [1.82, 2.24) is 4.90 Å². The maximum absolute atomic E-state index is 12.1. The predicted molar refractivity (Wildman–Crippen MR) is 65.4 cm³/mol. The van der Waals surface area contributed by atoms with Crippen LogP contribution in [0, 0.1) is 0 Å². The molecule has 0 spiro atoms. The lowest BCUT2D eigenvalue weighted by Crippen LogP contribution is -2.39. The van der Waals surface area contributed by atoms with Gasteiger partial charge in [0.05, 0.1) is 23.8 Å². The van der Waals surface area contributed by atoms with Gasteiger partial charge in [0.25, 0.3) is 11.8 Å². The van der Waals surface area contributed by atoms with Gasteiger partial charge in [-0.2, -0.15) is 0 Å². The smallest absolute Gasteiger partial charge is 0.261 e. The summed E-state index contributed by atoms with van der Waals surface area (Å²) in [6.07, 6.45) is 3.10. The van der Waals surface area contributed by atoms with Gasteiger partial charge in [-0.15, -0.1) is 0 Å². The molecule has 4 heteroatoms.